The molecule has 0 fully saturated rings. The Hall–Kier alpha value is -2.63. The molecule has 1 aromatic carbocycles. The average Bonchev–Trinajstić information content (AvgIpc) is 2.84. The fraction of sp³-hybridized carbons (Fsp3) is 0.353. The van der Waals surface area contributed by atoms with Crippen molar-refractivity contribution < 1.29 is 19.2 Å². The van der Waals surface area contributed by atoms with Crippen LogP contribution in [0.2, 0.25) is 0 Å². The summed E-state index contributed by atoms with van der Waals surface area (Å²) in [7, 11) is 0. The summed E-state index contributed by atoms with van der Waals surface area (Å²) in [6.45, 7) is 4.17. The van der Waals surface area contributed by atoms with Crippen molar-refractivity contribution >= 4 is 11.9 Å². The van der Waals surface area contributed by atoms with E-state index in [0.717, 1.165) is 22.6 Å². The Morgan fingerprint density at radius 1 is 1.26 bits per heavy atom. The van der Waals surface area contributed by atoms with Crippen LogP contribution in [-0.4, -0.2) is 28.7 Å². The van der Waals surface area contributed by atoms with E-state index in [-0.39, 0.29) is 11.5 Å². The number of aryl methyl sites for hydroxylation is 2. The Bertz CT molecular complexity index is 687. The molecule has 0 saturated heterocycles. The zero-order valence-corrected chi connectivity index (χ0v) is 13.3. The smallest absolute Gasteiger partial charge is 0.335 e. The molecule has 0 aliphatic heterocycles. The molecule has 23 heavy (non-hydrogen) atoms. The van der Waals surface area contributed by atoms with E-state index in [9.17, 15) is 9.59 Å². The lowest BCUT2D eigenvalue weighted by Crippen LogP contribution is -2.26. The molecule has 2 rings (SSSR count). The quantitative estimate of drug-likeness (QED) is 0.817. The molecular formula is C17H20N2O4. The lowest BCUT2D eigenvalue weighted by Gasteiger charge is -2.06. The highest BCUT2D eigenvalue weighted by Gasteiger charge is 2.11. The molecule has 0 aliphatic carbocycles. The Balaban J connectivity index is 1.77. The summed E-state index contributed by atoms with van der Waals surface area (Å²) >= 11 is 0. The van der Waals surface area contributed by atoms with E-state index in [0.29, 0.717) is 25.8 Å². The van der Waals surface area contributed by atoms with Crippen LogP contribution in [0.1, 0.15) is 39.4 Å². The molecule has 0 atom stereocenters. The molecule has 6 nitrogen and oxygen atoms in total. The second-order valence-corrected chi connectivity index (χ2v) is 5.41. The minimum Gasteiger partial charge on any atom is -0.478 e. The first-order valence-corrected chi connectivity index (χ1v) is 7.48. The minimum atomic E-state index is -0.949. The number of carbonyl (C=O) groups is 2. The second kappa shape index (κ2) is 7.58. The third kappa shape index (κ3) is 4.67. The van der Waals surface area contributed by atoms with Crippen molar-refractivity contribution in [3.05, 3.63) is 52.4 Å². The summed E-state index contributed by atoms with van der Waals surface area (Å²) < 4.78 is 5.07. The maximum atomic E-state index is 11.9. The first kappa shape index (κ1) is 16.7. The van der Waals surface area contributed by atoms with Crippen LogP contribution in [0.4, 0.5) is 0 Å². The summed E-state index contributed by atoms with van der Waals surface area (Å²) in [5, 5.41) is 15.7. The van der Waals surface area contributed by atoms with E-state index >= 15 is 0 Å². The minimum absolute atomic E-state index is 0.0422. The van der Waals surface area contributed by atoms with Gasteiger partial charge in [0, 0.05) is 18.5 Å². The lowest BCUT2D eigenvalue weighted by molar-refractivity contribution is -0.121. The first-order valence-electron chi connectivity index (χ1n) is 7.48. The zero-order valence-electron chi connectivity index (χ0n) is 13.3. The molecule has 1 heterocycles. The molecule has 0 saturated carbocycles. The van der Waals surface area contributed by atoms with Gasteiger partial charge in [-0.05, 0) is 44.4 Å². The highest BCUT2D eigenvalue weighted by Crippen LogP contribution is 2.14. The zero-order chi connectivity index (χ0) is 16.8. The van der Waals surface area contributed by atoms with Gasteiger partial charge in [-0.3, -0.25) is 4.79 Å². The van der Waals surface area contributed by atoms with Crippen molar-refractivity contribution in [1.82, 2.24) is 10.5 Å². The third-order valence-electron chi connectivity index (χ3n) is 3.69. The van der Waals surface area contributed by atoms with E-state index in [1.54, 1.807) is 18.2 Å². The Labute approximate surface area is 134 Å². The van der Waals surface area contributed by atoms with Gasteiger partial charge in [0.15, 0.2) is 0 Å². The van der Waals surface area contributed by atoms with Gasteiger partial charge < -0.3 is 14.9 Å². The van der Waals surface area contributed by atoms with E-state index in [1.165, 1.54) is 0 Å². The van der Waals surface area contributed by atoms with Gasteiger partial charge >= 0.3 is 5.97 Å². The molecule has 0 aliphatic rings. The number of carboxylic acid groups (broad SMARTS) is 1. The van der Waals surface area contributed by atoms with Crippen LogP contribution in [0.15, 0.2) is 28.8 Å². The molecule has 0 spiro atoms. The molecule has 6 heteroatoms. The topological polar surface area (TPSA) is 92.4 Å². The molecule has 1 amide bonds. The molecule has 2 N–H and O–H groups in total. The first-order chi connectivity index (χ1) is 11.0. The van der Waals surface area contributed by atoms with Crippen LogP contribution in [0.25, 0.3) is 0 Å². The van der Waals surface area contributed by atoms with Crippen molar-refractivity contribution in [3.8, 4) is 0 Å². The normalized spacial score (nSPS) is 10.5. The number of aromatic nitrogens is 1. The lowest BCUT2D eigenvalue weighted by atomic mass is 10.1. The summed E-state index contributed by atoms with van der Waals surface area (Å²) in [5.41, 5.74) is 2.94. The summed E-state index contributed by atoms with van der Waals surface area (Å²) in [5.74, 6) is -0.240. The van der Waals surface area contributed by atoms with Crippen molar-refractivity contribution in [1.29, 1.82) is 0 Å². The predicted molar refractivity (Wildman–Crippen MR) is 84.4 cm³/mol. The van der Waals surface area contributed by atoms with Crippen LogP contribution in [0.3, 0.4) is 0 Å². The number of hydrogen-bond donors (Lipinski definition) is 2. The molecule has 122 valence electrons. The van der Waals surface area contributed by atoms with Gasteiger partial charge in [0.05, 0.1) is 11.3 Å². The monoisotopic (exact) mass is 316 g/mol. The SMILES string of the molecule is Cc1noc(C)c1CCC(=O)NCCc1cccc(C(=O)O)c1. The highest BCUT2D eigenvalue weighted by atomic mass is 16.5. The molecular weight excluding hydrogens is 296 g/mol. The van der Waals surface area contributed by atoms with Gasteiger partial charge in [-0.15, -0.1) is 0 Å². The van der Waals surface area contributed by atoms with Gasteiger partial charge in [0.2, 0.25) is 5.91 Å². The largest absolute Gasteiger partial charge is 0.478 e. The Kier molecular flexibility index (Phi) is 5.51. The molecule has 2 aromatic rings. The third-order valence-corrected chi connectivity index (χ3v) is 3.69. The van der Waals surface area contributed by atoms with Gasteiger partial charge in [-0.1, -0.05) is 17.3 Å². The summed E-state index contributed by atoms with van der Waals surface area (Å²) in [4.78, 5) is 22.8. The van der Waals surface area contributed by atoms with Crippen LogP contribution >= 0.6 is 0 Å². The van der Waals surface area contributed by atoms with Crippen molar-refractivity contribution in [3.63, 3.8) is 0 Å². The van der Waals surface area contributed by atoms with Gasteiger partial charge in [0.25, 0.3) is 0 Å². The van der Waals surface area contributed by atoms with Gasteiger partial charge in [-0.2, -0.15) is 0 Å². The van der Waals surface area contributed by atoms with E-state index < -0.39 is 5.97 Å². The van der Waals surface area contributed by atoms with E-state index in [2.05, 4.69) is 10.5 Å². The maximum absolute atomic E-state index is 11.9. The highest BCUT2D eigenvalue weighted by molar-refractivity contribution is 5.87. The second-order valence-electron chi connectivity index (χ2n) is 5.41. The van der Waals surface area contributed by atoms with Crippen LogP contribution in [0.5, 0.6) is 0 Å². The number of benzene rings is 1. The number of aromatic carboxylic acids is 1. The average molecular weight is 316 g/mol. The number of rotatable bonds is 7. The number of nitrogens with one attached hydrogen (secondary N) is 1. The maximum Gasteiger partial charge on any atom is 0.335 e. The van der Waals surface area contributed by atoms with E-state index in [1.807, 2.05) is 19.9 Å². The predicted octanol–water partition coefficient (Wildman–Crippen LogP) is 2.28. The summed E-state index contributed by atoms with van der Waals surface area (Å²) in [6.07, 6.45) is 1.57. The Morgan fingerprint density at radius 3 is 2.70 bits per heavy atom. The van der Waals surface area contributed by atoms with Crippen molar-refractivity contribution in [2.75, 3.05) is 6.54 Å². The van der Waals surface area contributed by atoms with E-state index in [4.69, 9.17) is 9.63 Å². The van der Waals surface area contributed by atoms with Crippen LogP contribution in [-0.2, 0) is 17.6 Å². The number of carboxylic acids is 1. The number of amides is 1. The van der Waals surface area contributed by atoms with Crippen LogP contribution in [0, 0.1) is 13.8 Å². The molecule has 0 unspecified atom stereocenters. The fourth-order valence-electron chi connectivity index (χ4n) is 2.39. The van der Waals surface area contributed by atoms with Gasteiger partial charge in [0.1, 0.15) is 5.76 Å². The van der Waals surface area contributed by atoms with Crippen molar-refractivity contribution in [2.45, 2.75) is 33.1 Å². The summed E-state index contributed by atoms with van der Waals surface area (Å²) in [6, 6.07) is 6.73. The Morgan fingerprint density at radius 2 is 2.04 bits per heavy atom. The molecule has 0 radical (unpaired) electrons. The van der Waals surface area contributed by atoms with Crippen molar-refractivity contribution in [2.24, 2.45) is 0 Å². The molecule has 0 bridgehead atoms. The van der Waals surface area contributed by atoms with Crippen LogP contribution < -0.4 is 5.32 Å². The molecule has 1 aromatic heterocycles. The van der Waals surface area contributed by atoms with Gasteiger partial charge in [-0.25, -0.2) is 4.79 Å². The fourth-order valence-corrected chi connectivity index (χ4v) is 2.39. The number of nitrogens with zero attached hydrogens (tertiary/aromatic N) is 1. The number of hydrogen-bond acceptors (Lipinski definition) is 4. The number of carbonyl (C=O) groups excluding carboxylic acids is 1. The standard InChI is InChI=1S/C17H20N2O4/c1-11-15(12(2)23-19-11)6-7-16(20)18-9-8-13-4-3-5-14(10-13)17(21)22/h3-5,10H,6-9H2,1-2H3,(H,18,20)(H,21,22).